The molecule has 0 aliphatic heterocycles. The Morgan fingerprint density at radius 1 is 1.08 bits per heavy atom. The third-order valence-electron chi connectivity index (χ3n) is 3.81. The Morgan fingerprint density at radius 2 is 1.84 bits per heavy atom. The highest BCUT2D eigenvalue weighted by Crippen LogP contribution is 2.04. The summed E-state index contributed by atoms with van der Waals surface area (Å²) in [4.78, 5) is 36.3. The highest BCUT2D eigenvalue weighted by atomic mass is 19.1. The molecule has 0 atom stereocenters. The van der Waals surface area contributed by atoms with Gasteiger partial charge in [0.2, 0.25) is 5.91 Å². The second-order valence-electron chi connectivity index (χ2n) is 5.61. The minimum absolute atomic E-state index is 0.263. The highest BCUT2D eigenvalue weighted by Gasteiger charge is 2.09. The Balaban J connectivity index is 1.67. The lowest BCUT2D eigenvalue weighted by Crippen LogP contribution is -2.37. The quantitative estimate of drug-likeness (QED) is 0.731. The molecule has 0 aliphatic rings. The van der Waals surface area contributed by atoms with Gasteiger partial charge in [-0.05, 0) is 36.2 Å². The molecule has 1 amide bonds. The molecule has 3 rings (SSSR count). The smallest absolute Gasteiger partial charge is 0.273 e. The van der Waals surface area contributed by atoms with Crippen molar-refractivity contribution in [3.63, 3.8) is 0 Å². The van der Waals surface area contributed by atoms with Crippen LogP contribution in [0.25, 0.3) is 10.8 Å². The fourth-order valence-electron chi connectivity index (χ4n) is 2.60. The van der Waals surface area contributed by atoms with E-state index >= 15 is 0 Å². The second kappa shape index (κ2) is 7.12. The number of hydrogen-bond donors (Lipinski definition) is 2. The van der Waals surface area contributed by atoms with Crippen molar-refractivity contribution in [3.05, 3.63) is 80.6 Å². The first-order chi connectivity index (χ1) is 12.0. The van der Waals surface area contributed by atoms with Gasteiger partial charge in [-0.25, -0.2) is 9.07 Å². The van der Waals surface area contributed by atoms with Crippen LogP contribution in [0.3, 0.4) is 0 Å². The lowest BCUT2D eigenvalue weighted by molar-refractivity contribution is -0.121. The number of halogens is 1. The second-order valence-corrected chi connectivity index (χ2v) is 5.61. The van der Waals surface area contributed by atoms with Crippen molar-refractivity contribution < 1.29 is 9.18 Å². The number of fused-ring (bicyclic) bond motifs is 1. The molecule has 6 nitrogen and oxygen atoms in total. The molecule has 1 aromatic heterocycles. The van der Waals surface area contributed by atoms with E-state index in [4.69, 9.17) is 0 Å². The van der Waals surface area contributed by atoms with Gasteiger partial charge in [-0.1, -0.05) is 24.3 Å². The molecule has 0 fully saturated rings. The van der Waals surface area contributed by atoms with Crippen LogP contribution in [0.5, 0.6) is 0 Å². The standard InChI is InChI=1S/C18H16FN3O3/c19-13-5-3-4-12(10-13)8-9-20-16(23)11-22-18(25)15-7-2-1-6-14(15)17(24)21-22/h1-7,10H,8-9,11H2,(H,20,23)(H,21,24). The first-order valence-electron chi connectivity index (χ1n) is 7.77. The van der Waals surface area contributed by atoms with Gasteiger partial charge in [-0.15, -0.1) is 0 Å². The number of H-pyrrole nitrogens is 1. The molecular weight excluding hydrogens is 325 g/mol. The summed E-state index contributed by atoms with van der Waals surface area (Å²) in [5, 5.41) is 5.60. The monoisotopic (exact) mass is 341 g/mol. The van der Waals surface area contributed by atoms with Crippen LogP contribution in [-0.4, -0.2) is 22.2 Å². The average molecular weight is 341 g/mol. The maximum absolute atomic E-state index is 13.1. The lowest BCUT2D eigenvalue weighted by Gasteiger charge is -2.08. The molecule has 0 spiro atoms. The van der Waals surface area contributed by atoms with E-state index in [2.05, 4.69) is 10.4 Å². The summed E-state index contributed by atoms with van der Waals surface area (Å²) in [6.07, 6.45) is 0.465. The molecule has 3 aromatic rings. The Labute approximate surface area is 141 Å². The molecule has 0 aliphatic carbocycles. The Kier molecular flexibility index (Phi) is 4.74. The van der Waals surface area contributed by atoms with Gasteiger partial charge in [-0.2, -0.15) is 0 Å². The van der Waals surface area contributed by atoms with E-state index in [-0.39, 0.29) is 23.1 Å². The van der Waals surface area contributed by atoms with Gasteiger partial charge in [0, 0.05) is 6.54 Å². The molecule has 1 heterocycles. The van der Waals surface area contributed by atoms with E-state index in [1.54, 1.807) is 36.4 Å². The SMILES string of the molecule is O=C(Cn1[nH]c(=O)c2ccccc2c1=O)NCCc1cccc(F)c1. The first kappa shape index (κ1) is 16.6. The van der Waals surface area contributed by atoms with Crippen LogP contribution < -0.4 is 16.4 Å². The van der Waals surface area contributed by atoms with E-state index in [9.17, 15) is 18.8 Å². The van der Waals surface area contributed by atoms with Gasteiger partial charge >= 0.3 is 0 Å². The van der Waals surface area contributed by atoms with Crippen LogP contribution >= 0.6 is 0 Å². The van der Waals surface area contributed by atoms with Crippen molar-refractivity contribution in [2.24, 2.45) is 0 Å². The minimum Gasteiger partial charge on any atom is -0.354 e. The molecular formula is C18H16FN3O3. The predicted octanol–water partition coefficient (Wildman–Crippen LogP) is 1.19. The maximum atomic E-state index is 13.1. The Bertz CT molecular complexity index is 1040. The van der Waals surface area contributed by atoms with Crippen LogP contribution in [0, 0.1) is 5.82 Å². The van der Waals surface area contributed by atoms with Crippen molar-refractivity contribution in [1.29, 1.82) is 0 Å². The van der Waals surface area contributed by atoms with Crippen molar-refractivity contribution >= 4 is 16.7 Å². The predicted molar refractivity (Wildman–Crippen MR) is 91.9 cm³/mol. The van der Waals surface area contributed by atoms with Gasteiger partial charge in [0.25, 0.3) is 11.1 Å². The van der Waals surface area contributed by atoms with E-state index in [0.717, 1.165) is 10.2 Å². The number of nitrogens with zero attached hydrogens (tertiary/aromatic N) is 1. The Morgan fingerprint density at radius 3 is 2.60 bits per heavy atom. The summed E-state index contributed by atoms with van der Waals surface area (Å²) in [5.41, 5.74) is -0.102. The zero-order chi connectivity index (χ0) is 17.8. The third-order valence-corrected chi connectivity index (χ3v) is 3.81. The minimum atomic E-state index is -0.435. The molecule has 2 aromatic carbocycles. The molecule has 0 bridgehead atoms. The summed E-state index contributed by atoms with van der Waals surface area (Å²) in [7, 11) is 0. The van der Waals surface area contributed by atoms with Gasteiger partial charge in [0.15, 0.2) is 0 Å². The van der Waals surface area contributed by atoms with Crippen LogP contribution in [0.15, 0.2) is 58.1 Å². The molecule has 7 heteroatoms. The zero-order valence-electron chi connectivity index (χ0n) is 13.3. The number of aromatic nitrogens is 2. The van der Waals surface area contributed by atoms with Crippen molar-refractivity contribution in [1.82, 2.24) is 15.1 Å². The van der Waals surface area contributed by atoms with E-state index in [1.165, 1.54) is 12.1 Å². The van der Waals surface area contributed by atoms with Gasteiger partial charge < -0.3 is 5.32 Å². The van der Waals surface area contributed by atoms with Gasteiger partial charge in [-0.3, -0.25) is 19.5 Å². The van der Waals surface area contributed by atoms with Crippen molar-refractivity contribution in [2.45, 2.75) is 13.0 Å². The van der Waals surface area contributed by atoms with Crippen LogP contribution in [0.1, 0.15) is 5.56 Å². The molecule has 128 valence electrons. The number of hydrogen-bond acceptors (Lipinski definition) is 3. The molecule has 2 N–H and O–H groups in total. The molecule has 0 radical (unpaired) electrons. The number of amides is 1. The number of carbonyl (C=O) groups is 1. The normalized spacial score (nSPS) is 10.8. The van der Waals surface area contributed by atoms with Gasteiger partial charge in [0.05, 0.1) is 10.8 Å². The number of benzene rings is 2. The van der Waals surface area contributed by atoms with Crippen molar-refractivity contribution in [3.8, 4) is 0 Å². The third kappa shape index (κ3) is 3.82. The fraction of sp³-hybridized carbons (Fsp3) is 0.167. The Hall–Kier alpha value is -3.22. The first-order valence-corrected chi connectivity index (χ1v) is 7.77. The fourth-order valence-corrected chi connectivity index (χ4v) is 2.60. The summed E-state index contributed by atoms with van der Waals surface area (Å²) < 4.78 is 14.1. The molecule has 0 saturated heterocycles. The zero-order valence-corrected chi connectivity index (χ0v) is 13.3. The number of nitrogens with one attached hydrogen (secondary N) is 2. The molecule has 25 heavy (non-hydrogen) atoms. The number of aromatic amines is 1. The maximum Gasteiger partial charge on any atom is 0.273 e. The summed E-state index contributed by atoms with van der Waals surface area (Å²) in [5.74, 6) is -0.742. The van der Waals surface area contributed by atoms with E-state index in [1.807, 2.05) is 0 Å². The van der Waals surface area contributed by atoms with Crippen LogP contribution in [0.2, 0.25) is 0 Å². The lowest BCUT2D eigenvalue weighted by atomic mass is 10.1. The number of rotatable bonds is 5. The summed E-state index contributed by atoms with van der Waals surface area (Å²) >= 11 is 0. The van der Waals surface area contributed by atoms with E-state index in [0.29, 0.717) is 13.0 Å². The van der Waals surface area contributed by atoms with Gasteiger partial charge in [0.1, 0.15) is 12.4 Å². The van der Waals surface area contributed by atoms with Crippen LogP contribution in [0.4, 0.5) is 4.39 Å². The van der Waals surface area contributed by atoms with Crippen LogP contribution in [-0.2, 0) is 17.8 Å². The van der Waals surface area contributed by atoms with E-state index < -0.39 is 17.0 Å². The van der Waals surface area contributed by atoms with Crippen molar-refractivity contribution in [2.75, 3.05) is 6.54 Å². The average Bonchev–Trinajstić information content (AvgIpc) is 2.59. The number of carbonyl (C=O) groups excluding carboxylic acids is 1. The largest absolute Gasteiger partial charge is 0.354 e. The molecule has 0 unspecified atom stereocenters. The summed E-state index contributed by atoms with van der Waals surface area (Å²) in [6, 6.07) is 12.5. The highest BCUT2D eigenvalue weighted by molar-refractivity contribution is 5.81. The topological polar surface area (TPSA) is 84.0 Å². The summed E-state index contributed by atoms with van der Waals surface area (Å²) in [6.45, 7) is 0.0108. The molecule has 0 saturated carbocycles.